The Kier molecular flexibility index (Phi) is 6.43. The molecule has 1 amide bonds. The Labute approximate surface area is 167 Å². The fourth-order valence-electron chi connectivity index (χ4n) is 3.20. The van der Waals surface area contributed by atoms with Crippen LogP contribution in [0, 0.1) is 15.9 Å². The summed E-state index contributed by atoms with van der Waals surface area (Å²) in [5.74, 6) is -0.882. The molecule has 0 saturated heterocycles. The van der Waals surface area contributed by atoms with Gasteiger partial charge in [-0.05, 0) is 43.0 Å². The van der Waals surface area contributed by atoms with Crippen molar-refractivity contribution in [2.45, 2.75) is 31.8 Å². The summed E-state index contributed by atoms with van der Waals surface area (Å²) < 4.78 is 18.7. The van der Waals surface area contributed by atoms with Gasteiger partial charge in [0.15, 0.2) is 11.6 Å². The molecule has 1 atom stereocenters. The molecule has 0 bridgehead atoms. The molecule has 0 fully saturated rings. The summed E-state index contributed by atoms with van der Waals surface area (Å²) in [6, 6.07) is 8.74. The van der Waals surface area contributed by atoms with Gasteiger partial charge in [0.2, 0.25) is 0 Å². The molecule has 152 valence electrons. The van der Waals surface area contributed by atoms with Gasteiger partial charge in [-0.25, -0.2) is 4.39 Å². The molecule has 1 aliphatic rings. The molecule has 2 aromatic rings. The van der Waals surface area contributed by atoms with Crippen LogP contribution in [0.4, 0.5) is 15.8 Å². The van der Waals surface area contributed by atoms with Crippen molar-refractivity contribution in [3.05, 3.63) is 75.6 Å². The molecule has 0 spiro atoms. The van der Waals surface area contributed by atoms with Crippen molar-refractivity contribution >= 4 is 17.3 Å². The first-order chi connectivity index (χ1) is 14.0. The number of hydrogen-bond acceptors (Lipinski definition) is 5. The highest BCUT2D eigenvalue weighted by Gasteiger charge is 2.19. The number of nitro benzene ring substituents is 1. The van der Waals surface area contributed by atoms with E-state index in [1.165, 1.54) is 31.4 Å². The SMILES string of the molecule is COc1ccc(CNC(=O)c2cc([N+](=O)[O-])ccc2NC2CC=CCC2)cc1F. The zero-order chi connectivity index (χ0) is 20.8. The van der Waals surface area contributed by atoms with Crippen LogP contribution in [0.2, 0.25) is 0 Å². The maximum absolute atomic E-state index is 13.8. The number of nitro groups is 1. The third kappa shape index (κ3) is 5.10. The maximum atomic E-state index is 13.8. The van der Waals surface area contributed by atoms with E-state index in [0.717, 1.165) is 19.3 Å². The van der Waals surface area contributed by atoms with E-state index >= 15 is 0 Å². The van der Waals surface area contributed by atoms with Crippen molar-refractivity contribution in [1.29, 1.82) is 0 Å². The zero-order valence-electron chi connectivity index (χ0n) is 16.0. The van der Waals surface area contributed by atoms with E-state index < -0.39 is 16.6 Å². The first-order valence-corrected chi connectivity index (χ1v) is 9.28. The minimum absolute atomic E-state index is 0.0774. The third-order valence-corrected chi connectivity index (χ3v) is 4.76. The van der Waals surface area contributed by atoms with E-state index in [2.05, 4.69) is 22.8 Å². The molecule has 0 aliphatic heterocycles. The lowest BCUT2D eigenvalue weighted by Crippen LogP contribution is -2.26. The summed E-state index contributed by atoms with van der Waals surface area (Å²) in [7, 11) is 1.37. The van der Waals surface area contributed by atoms with Crippen LogP contribution in [0.1, 0.15) is 35.2 Å². The van der Waals surface area contributed by atoms with E-state index in [4.69, 9.17) is 4.74 Å². The van der Waals surface area contributed by atoms with Gasteiger partial charge in [0.1, 0.15) is 0 Å². The molecular formula is C21H22FN3O4. The molecule has 1 aliphatic carbocycles. The number of anilines is 1. The average molecular weight is 399 g/mol. The van der Waals surface area contributed by atoms with Crippen molar-refractivity contribution in [3.63, 3.8) is 0 Å². The number of non-ortho nitro benzene ring substituents is 1. The highest BCUT2D eigenvalue weighted by molar-refractivity contribution is 6.00. The predicted molar refractivity (Wildman–Crippen MR) is 108 cm³/mol. The molecule has 0 heterocycles. The Morgan fingerprint density at radius 2 is 2.10 bits per heavy atom. The van der Waals surface area contributed by atoms with E-state index in [0.29, 0.717) is 11.3 Å². The summed E-state index contributed by atoms with van der Waals surface area (Å²) >= 11 is 0. The lowest BCUT2D eigenvalue weighted by molar-refractivity contribution is -0.384. The Hall–Kier alpha value is -3.42. The van der Waals surface area contributed by atoms with Crippen LogP contribution in [0.3, 0.4) is 0 Å². The molecular weight excluding hydrogens is 377 g/mol. The second kappa shape index (κ2) is 9.18. The van der Waals surface area contributed by atoms with Crippen LogP contribution in [-0.2, 0) is 6.54 Å². The Morgan fingerprint density at radius 3 is 2.76 bits per heavy atom. The smallest absolute Gasteiger partial charge is 0.270 e. The predicted octanol–water partition coefficient (Wildman–Crippen LogP) is 4.19. The van der Waals surface area contributed by atoms with Gasteiger partial charge in [0.25, 0.3) is 11.6 Å². The van der Waals surface area contributed by atoms with E-state index in [9.17, 15) is 19.3 Å². The van der Waals surface area contributed by atoms with Crippen molar-refractivity contribution < 1.29 is 18.8 Å². The normalized spacial score (nSPS) is 15.6. The number of carbonyl (C=O) groups is 1. The second-order valence-electron chi connectivity index (χ2n) is 6.76. The highest BCUT2D eigenvalue weighted by atomic mass is 19.1. The highest BCUT2D eigenvalue weighted by Crippen LogP contribution is 2.25. The first kappa shape index (κ1) is 20.3. The van der Waals surface area contributed by atoms with Crippen LogP contribution in [0.5, 0.6) is 5.75 Å². The van der Waals surface area contributed by atoms with E-state index in [1.54, 1.807) is 12.1 Å². The third-order valence-electron chi connectivity index (χ3n) is 4.76. The van der Waals surface area contributed by atoms with Crippen molar-refractivity contribution in [1.82, 2.24) is 5.32 Å². The summed E-state index contributed by atoms with van der Waals surface area (Å²) in [6.45, 7) is 0.0774. The number of carbonyl (C=O) groups excluding carboxylic acids is 1. The molecule has 29 heavy (non-hydrogen) atoms. The topological polar surface area (TPSA) is 93.5 Å². The lowest BCUT2D eigenvalue weighted by atomic mass is 10.0. The number of ether oxygens (including phenoxy) is 1. The summed E-state index contributed by atoms with van der Waals surface area (Å²) in [4.78, 5) is 23.4. The van der Waals surface area contributed by atoms with Crippen LogP contribution < -0.4 is 15.4 Å². The first-order valence-electron chi connectivity index (χ1n) is 9.28. The van der Waals surface area contributed by atoms with Gasteiger partial charge in [0, 0.05) is 30.4 Å². The number of nitrogens with one attached hydrogen (secondary N) is 2. The van der Waals surface area contributed by atoms with Crippen molar-refractivity contribution in [2.75, 3.05) is 12.4 Å². The molecule has 0 saturated carbocycles. The molecule has 2 N–H and O–H groups in total. The Morgan fingerprint density at radius 1 is 1.28 bits per heavy atom. The largest absolute Gasteiger partial charge is 0.494 e. The summed E-state index contributed by atoms with van der Waals surface area (Å²) in [5, 5.41) is 17.2. The standard InChI is InChI=1S/C21H22FN3O4/c1-29-20-10-7-14(11-18(20)22)13-23-21(26)17-12-16(25(27)28)8-9-19(17)24-15-5-3-2-4-6-15/h2-3,7-12,15,24H,4-6,13H2,1H3,(H,23,26). The molecule has 3 rings (SSSR count). The van der Waals surface area contributed by atoms with Crippen LogP contribution in [0.25, 0.3) is 0 Å². The van der Waals surface area contributed by atoms with Crippen molar-refractivity contribution in [3.8, 4) is 5.75 Å². The van der Waals surface area contributed by atoms with Gasteiger partial charge in [-0.1, -0.05) is 18.2 Å². The van der Waals surface area contributed by atoms with Crippen LogP contribution in [0.15, 0.2) is 48.6 Å². The maximum Gasteiger partial charge on any atom is 0.270 e. The van der Waals surface area contributed by atoms with Gasteiger partial charge in [-0.2, -0.15) is 0 Å². The molecule has 0 radical (unpaired) electrons. The number of methoxy groups -OCH3 is 1. The quantitative estimate of drug-likeness (QED) is 0.414. The monoisotopic (exact) mass is 399 g/mol. The van der Waals surface area contributed by atoms with Gasteiger partial charge in [-0.3, -0.25) is 14.9 Å². The number of nitrogens with zero attached hydrogens (tertiary/aromatic N) is 1. The Balaban J connectivity index is 1.77. The fourth-order valence-corrected chi connectivity index (χ4v) is 3.20. The fraction of sp³-hybridized carbons (Fsp3) is 0.286. The van der Waals surface area contributed by atoms with Gasteiger partial charge in [0.05, 0.1) is 17.6 Å². The summed E-state index contributed by atoms with van der Waals surface area (Å²) in [6.07, 6.45) is 6.86. The molecule has 8 heteroatoms. The summed E-state index contributed by atoms with van der Waals surface area (Å²) in [5.41, 5.74) is 1.10. The minimum atomic E-state index is -0.539. The number of halogens is 1. The van der Waals surface area contributed by atoms with E-state index in [-0.39, 0.29) is 29.6 Å². The number of allylic oxidation sites excluding steroid dienone is 1. The van der Waals surface area contributed by atoms with Gasteiger partial charge >= 0.3 is 0 Å². The average Bonchev–Trinajstić information content (AvgIpc) is 2.73. The van der Waals surface area contributed by atoms with Gasteiger partial charge < -0.3 is 15.4 Å². The minimum Gasteiger partial charge on any atom is -0.494 e. The molecule has 2 aromatic carbocycles. The number of amides is 1. The van der Waals surface area contributed by atoms with E-state index in [1.807, 2.05) is 0 Å². The zero-order valence-corrected chi connectivity index (χ0v) is 16.0. The molecule has 7 nitrogen and oxygen atoms in total. The van der Waals surface area contributed by atoms with Crippen LogP contribution >= 0.6 is 0 Å². The van der Waals surface area contributed by atoms with Crippen molar-refractivity contribution in [2.24, 2.45) is 0 Å². The lowest BCUT2D eigenvalue weighted by Gasteiger charge is -2.22. The molecule has 0 aromatic heterocycles. The van der Waals surface area contributed by atoms with Gasteiger partial charge in [-0.15, -0.1) is 0 Å². The number of hydrogen-bond donors (Lipinski definition) is 2. The second-order valence-corrected chi connectivity index (χ2v) is 6.76. The number of benzene rings is 2. The number of rotatable bonds is 7. The van der Waals surface area contributed by atoms with Crippen LogP contribution in [-0.4, -0.2) is 24.0 Å². The Bertz CT molecular complexity index is 946. The molecule has 1 unspecified atom stereocenters.